The number of rotatable bonds is 12. The van der Waals surface area contributed by atoms with Gasteiger partial charge in [-0.3, -0.25) is 14.4 Å². The number of aliphatic imine (C=N–C) groups is 1. The second-order valence-electron chi connectivity index (χ2n) is 8.72. The van der Waals surface area contributed by atoms with Crippen molar-refractivity contribution in [3.63, 3.8) is 0 Å². The molecule has 4 N–H and O–H groups in total. The number of amides is 3. The molecule has 2 aromatic rings. The third kappa shape index (κ3) is 8.20. The Bertz CT molecular complexity index is 1150. The lowest BCUT2D eigenvalue weighted by Crippen LogP contribution is -2.36. The highest BCUT2D eigenvalue weighted by Gasteiger charge is 2.21. The van der Waals surface area contributed by atoms with Crippen molar-refractivity contribution in [3.05, 3.63) is 65.2 Å². The summed E-state index contributed by atoms with van der Waals surface area (Å²) in [6, 6.07) is 14.2. The number of carbonyl (C=O) groups excluding carboxylic acids is 3. The Hall–Kier alpha value is -4.14. The molecule has 0 bridgehead atoms. The van der Waals surface area contributed by atoms with Crippen LogP contribution in [0.25, 0.3) is 6.08 Å². The van der Waals surface area contributed by atoms with Crippen LogP contribution in [0.1, 0.15) is 49.0 Å². The lowest BCUT2D eigenvalue weighted by atomic mass is 10.0. The van der Waals surface area contributed by atoms with Crippen LogP contribution in [0.3, 0.4) is 0 Å². The van der Waals surface area contributed by atoms with E-state index in [1.807, 2.05) is 43.0 Å². The molecule has 196 valence electrons. The van der Waals surface area contributed by atoms with Gasteiger partial charge < -0.3 is 26.0 Å². The van der Waals surface area contributed by atoms with Gasteiger partial charge in [-0.2, -0.15) is 0 Å². The molecule has 0 aromatic heterocycles. The fraction of sp³-hybridized carbons (Fsp3) is 0.357. The molecule has 0 spiro atoms. The van der Waals surface area contributed by atoms with E-state index in [0.29, 0.717) is 41.5 Å². The van der Waals surface area contributed by atoms with Crippen LogP contribution >= 0.6 is 0 Å². The van der Waals surface area contributed by atoms with Crippen LogP contribution in [-0.4, -0.2) is 61.2 Å². The first-order chi connectivity index (χ1) is 17.9. The number of nitrogens with two attached hydrogens (primary N) is 1. The minimum atomic E-state index is -0.298. The van der Waals surface area contributed by atoms with Crippen molar-refractivity contribution in [2.45, 2.75) is 33.1 Å². The zero-order valence-corrected chi connectivity index (χ0v) is 21.5. The van der Waals surface area contributed by atoms with Crippen molar-refractivity contribution >= 4 is 35.3 Å². The van der Waals surface area contributed by atoms with E-state index in [1.165, 1.54) is 0 Å². The molecule has 0 aliphatic carbocycles. The molecule has 3 amide bonds. The van der Waals surface area contributed by atoms with Crippen molar-refractivity contribution < 1.29 is 19.1 Å². The van der Waals surface area contributed by atoms with Gasteiger partial charge in [-0.05, 0) is 43.2 Å². The van der Waals surface area contributed by atoms with Crippen molar-refractivity contribution in [2.24, 2.45) is 10.7 Å². The smallest absolute Gasteiger partial charge is 0.258 e. The van der Waals surface area contributed by atoms with Crippen LogP contribution in [0.2, 0.25) is 0 Å². The van der Waals surface area contributed by atoms with Gasteiger partial charge in [0.15, 0.2) is 6.61 Å². The van der Waals surface area contributed by atoms with Crippen molar-refractivity contribution in [1.82, 2.24) is 15.5 Å². The molecule has 2 aromatic carbocycles. The summed E-state index contributed by atoms with van der Waals surface area (Å²) in [5, 5.41) is 5.49. The predicted molar refractivity (Wildman–Crippen MR) is 145 cm³/mol. The zero-order valence-electron chi connectivity index (χ0n) is 21.5. The van der Waals surface area contributed by atoms with Gasteiger partial charge in [0.1, 0.15) is 11.6 Å². The molecule has 0 fully saturated rings. The Balaban J connectivity index is 1.56. The summed E-state index contributed by atoms with van der Waals surface area (Å²) in [6.45, 7) is 5.88. The summed E-state index contributed by atoms with van der Waals surface area (Å²) < 4.78 is 5.40. The molecule has 9 heteroatoms. The fourth-order valence-corrected chi connectivity index (χ4v) is 3.92. The summed E-state index contributed by atoms with van der Waals surface area (Å²) in [4.78, 5) is 44.0. The minimum absolute atomic E-state index is 0.0345. The number of nitrogens with zero attached hydrogens (tertiary/aromatic N) is 2. The fourth-order valence-electron chi connectivity index (χ4n) is 3.92. The van der Waals surface area contributed by atoms with E-state index in [2.05, 4.69) is 15.6 Å². The Morgan fingerprint density at radius 3 is 2.41 bits per heavy atom. The number of ether oxygens (including phenoxy) is 1. The molecule has 37 heavy (non-hydrogen) atoms. The highest BCUT2D eigenvalue weighted by atomic mass is 16.5. The molecule has 1 aliphatic heterocycles. The largest absolute Gasteiger partial charge is 0.484 e. The maximum absolute atomic E-state index is 13.1. The molecule has 0 saturated carbocycles. The molecule has 0 saturated heterocycles. The van der Waals surface area contributed by atoms with E-state index >= 15 is 0 Å². The second-order valence-corrected chi connectivity index (χ2v) is 8.72. The highest BCUT2D eigenvalue weighted by Crippen LogP contribution is 2.28. The van der Waals surface area contributed by atoms with Gasteiger partial charge >= 0.3 is 0 Å². The molecule has 1 heterocycles. The van der Waals surface area contributed by atoms with Crippen LogP contribution in [0.15, 0.2) is 59.1 Å². The average molecular weight is 506 g/mol. The number of benzene rings is 2. The van der Waals surface area contributed by atoms with E-state index < -0.39 is 0 Å². The third-order valence-electron chi connectivity index (χ3n) is 5.65. The molecule has 0 atom stereocenters. The van der Waals surface area contributed by atoms with Gasteiger partial charge in [-0.15, -0.1) is 0 Å². The molecule has 0 radical (unpaired) electrons. The van der Waals surface area contributed by atoms with Gasteiger partial charge in [0.2, 0.25) is 5.91 Å². The third-order valence-corrected chi connectivity index (χ3v) is 5.65. The Kier molecular flexibility index (Phi) is 10.3. The average Bonchev–Trinajstić information content (AvgIpc) is 3.07. The molecule has 0 unspecified atom stereocenters. The van der Waals surface area contributed by atoms with E-state index in [9.17, 15) is 14.4 Å². The van der Waals surface area contributed by atoms with Crippen molar-refractivity contribution in [1.29, 1.82) is 0 Å². The lowest BCUT2D eigenvalue weighted by Gasteiger charge is -2.22. The molecule has 3 rings (SSSR count). The maximum atomic E-state index is 13.1. The number of hydrogen-bond acceptors (Lipinski definition) is 6. The number of para-hydroxylation sites is 1. The van der Waals surface area contributed by atoms with Gasteiger partial charge in [0.25, 0.3) is 11.8 Å². The van der Waals surface area contributed by atoms with E-state index in [4.69, 9.17) is 10.5 Å². The Labute approximate surface area is 217 Å². The first kappa shape index (κ1) is 27.4. The van der Waals surface area contributed by atoms with Crippen molar-refractivity contribution in [2.75, 3.05) is 32.8 Å². The Morgan fingerprint density at radius 2 is 1.70 bits per heavy atom. The topological polar surface area (TPSA) is 126 Å². The molecule has 9 nitrogen and oxygen atoms in total. The van der Waals surface area contributed by atoms with Crippen LogP contribution in [-0.2, 0) is 9.59 Å². The van der Waals surface area contributed by atoms with Gasteiger partial charge in [0.05, 0.1) is 5.69 Å². The predicted octanol–water partition coefficient (Wildman–Crippen LogP) is 3.04. The standard InChI is InChI=1S/C28H35N5O4/c1-3-14-33(15-4-2)28(36)22-16-20-10-11-21(17-24(20)32-25(29)18-22)27(35)31-13-12-30-26(34)19-37-23-8-6-5-7-9-23/h5-11,16-17H,3-4,12-15,18-19H2,1-2H3,(H2,29,32)(H,30,34)(H,31,35). The number of nitrogens with one attached hydrogen (secondary N) is 2. The van der Waals surface area contributed by atoms with E-state index in [1.54, 1.807) is 30.3 Å². The minimum Gasteiger partial charge on any atom is -0.484 e. The molecular formula is C28H35N5O4. The first-order valence-corrected chi connectivity index (χ1v) is 12.6. The maximum Gasteiger partial charge on any atom is 0.258 e. The van der Waals surface area contributed by atoms with Crippen molar-refractivity contribution in [3.8, 4) is 5.75 Å². The molecule has 1 aliphatic rings. The Morgan fingerprint density at radius 1 is 1.00 bits per heavy atom. The van der Waals surface area contributed by atoms with Crippen LogP contribution < -0.4 is 21.1 Å². The normalized spacial score (nSPS) is 12.4. The summed E-state index contributed by atoms with van der Waals surface area (Å²) >= 11 is 0. The second kappa shape index (κ2) is 13.8. The van der Waals surface area contributed by atoms with Crippen LogP contribution in [0.5, 0.6) is 5.75 Å². The van der Waals surface area contributed by atoms with E-state index in [0.717, 1.165) is 18.4 Å². The van der Waals surface area contributed by atoms with Gasteiger partial charge in [-0.25, -0.2) is 4.99 Å². The van der Waals surface area contributed by atoms with Gasteiger partial charge in [-0.1, -0.05) is 38.1 Å². The first-order valence-electron chi connectivity index (χ1n) is 12.6. The summed E-state index contributed by atoms with van der Waals surface area (Å²) in [5.74, 6) is 0.328. The zero-order chi connectivity index (χ0) is 26.6. The number of carbonyl (C=O) groups is 3. The number of hydrogen-bond donors (Lipinski definition) is 3. The summed E-state index contributed by atoms with van der Waals surface area (Å²) in [6.07, 6.45) is 3.83. The number of amidine groups is 1. The van der Waals surface area contributed by atoms with E-state index in [-0.39, 0.29) is 43.8 Å². The monoisotopic (exact) mass is 505 g/mol. The SMILES string of the molecule is CCCN(CCC)C(=O)C1=Cc2ccc(C(=O)NCCNC(=O)COc3ccccc3)cc2N=C(N)C1. The lowest BCUT2D eigenvalue weighted by molar-refractivity contribution is -0.127. The van der Waals surface area contributed by atoms with Crippen LogP contribution in [0, 0.1) is 0 Å². The molecular weight excluding hydrogens is 470 g/mol. The van der Waals surface area contributed by atoms with Gasteiger partial charge in [0, 0.05) is 49.3 Å². The van der Waals surface area contributed by atoms with Crippen LogP contribution in [0.4, 0.5) is 5.69 Å². The number of fused-ring (bicyclic) bond motifs is 1. The quantitative estimate of drug-likeness (QED) is 0.382. The summed E-state index contributed by atoms with van der Waals surface area (Å²) in [5.41, 5.74) is 8.40. The summed E-state index contributed by atoms with van der Waals surface area (Å²) in [7, 11) is 0. The highest BCUT2D eigenvalue weighted by molar-refractivity contribution is 6.06.